The molecule has 0 saturated heterocycles. The van der Waals surface area contributed by atoms with Gasteiger partial charge in [-0.1, -0.05) is 0 Å². The lowest BCUT2D eigenvalue weighted by Crippen LogP contribution is -2.36. The molecule has 9 nitrogen and oxygen atoms in total. The van der Waals surface area contributed by atoms with Crippen molar-refractivity contribution >= 4 is 34.1 Å². The van der Waals surface area contributed by atoms with Crippen LogP contribution in [0.15, 0.2) is 17.9 Å². The molecular weight excluding hydrogens is 392 g/mol. The maximum Gasteiger partial charge on any atom is 0.209 e. The van der Waals surface area contributed by atoms with Gasteiger partial charge in [0.1, 0.15) is 11.9 Å². The van der Waals surface area contributed by atoms with Crippen molar-refractivity contribution < 1.29 is 15.0 Å². The molecular formula is C19H18N6O3S. The third kappa shape index (κ3) is 2.51. The molecule has 3 aromatic rings. The number of aliphatic hydroxyl groups is 2. The number of nitrogens with one attached hydrogen (secondary N) is 1. The van der Waals surface area contributed by atoms with Crippen LogP contribution in [-0.4, -0.2) is 59.8 Å². The van der Waals surface area contributed by atoms with Crippen LogP contribution in [0.2, 0.25) is 0 Å². The standard InChI is InChI=1S/C19H18N6O3S/c1-9(26)19-7-10(19)14(15(27)16(19)28)25-8-22-13-17(20-2)23-11(24-18(13)25)3-4-12-21-5-6-29-12/h5-6,8,10,14-16,27-28H,7H2,1-2H3,(H,20,23,24)/t10?,14-,15+,16?,19-/m1/s1. The summed E-state index contributed by atoms with van der Waals surface area (Å²) in [5.41, 5.74) is 0.165. The molecule has 2 aliphatic rings. The van der Waals surface area contributed by atoms with Crippen molar-refractivity contribution in [3.05, 3.63) is 28.7 Å². The van der Waals surface area contributed by atoms with Crippen molar-refractivity contribution in [2.45, 2.75) is 31.6 Å². The van der Waals surface area contributed by atoms with Crippen LogP contribution in [-0.2, 0) is 4.79 Å². The summed E-state index contributed by atoms with van der Waals surface area (Å²) in [4.78, 5) is 29.6. The lowest BCUT2D eigenvalue weighted by Gasteiger charge is -2.23. The number of aromatic nitrogens is 5. The quantitative estimate of drug-likeness (QED) is 0.536. The Balaban J connectivity index is 1.61. The molecule has 5 rings (SSSR count). The normalized spacial score (nSPS) is 29.9. The molecule has 29 heavy (non-hydrogen) atoms. The van der Waals surface area contributed by atoms with E-state index < -0.39 is 23.7 Å². The van der Waals surface area contributed by atoms with E-state index >= 15 is 0 Å². The highest BCUT2D eigenvalue weighted by atomic mass is 32.1. The average molecular weight is 410 g/mol. The Morgan fingerprint density at radius 2 is 2.17 bits per heavy atom. The minimum Gasteiger partial charge on any atom is -0.389 e. The molecule has 3 heterocycles. The van der Waals surface area contributed by atoms with Crippen molar-refractivity contribution in [1.82, 2.24) is 24.5 Å². The van der Waals surface area contributed by atoms with Gasteiger partial charge in [-0.3, -0.25) is 4.79 Å². The van der Waals surface area contributed by atoms with E-state index in [-0.39, 0.29) is 11.7 Å². The molecule has 3 N–H and O–H groups in total. The van der Waals surface area contributed by atoms with Gasteiger partial charge in [-0.25, -0.2) is 19.9 Å². The highest BCUT2D eigenvalue weighted by Gasteiger charge is 2.74. The van der Waals surface area contributed by atoms with Crippen LogP contribution < -0.4 is 5.32 Å². The molecule has 2 aliphatic carbocycles. The van der Waals surface area contributed by atoms with Gasteiger partial charge in [-0.2, -0.15) is 0 Å². The maximum atomic E-state index is 12.1. The Hall–Kier alpha value is -2.87. The van der Waals surface area contributed by atoms with Gasteiger partial charge in [0.25, 0.3) is 0 Å². The summed E-state index contributed by atoms with van der Waals surface area (Å²) in [6.45, 7) is 1.47. The molecule has 0 bridgehead atoms. The number of carbonyl (C=O) groups excluding carboxylic acids is 1. The van der Waals surface area contributed by atoms with E-state index in [4.69, 9.17) is 0 Å². The number of aliphatic hydroxyl groups excluding tert-OH is 2. The zero-order valence-electron chi connectivity index (χ0n) is 15.7. The highest BCUT2D eigenvalue weighted by Crippen LogP contribution is 2.68. The number of nitrogens with zero attached hydrogens (tertiary/aromatic N) is 5. The average Bonchev–Trinajstić information content (AvgIpc) is 3.00. The summed E-state index contributed by atoms with van der Waals surface area (Å²) in [5.74, 6) is 6.41. The lowest BCUT2D eigenvalue weighted by atomic mass is 9.95. The van der Waals surface area contributed by atoms with E-state index in [1.165, 1.54) is 18.3 Å². The monoisotopic (exact) mass is 410 g/mol. The third-order valence-corrected chi connectivity index (χ3v) is 6.71. The summed E-state index contributed by atoms with van der Waals surface area (Å²) in [6, 6.07) is -0.488. The van der Waals surface area contributed by atoms with Crippen LogP contribution >= 0.6 is 11.3 Å². The van der Waals surface area contributed by atoms with E-state index in [9.17, 15) is 15.0 Å². The fourth-order valence-corrected chi connectivity index (χ4v) is 5.01. The molecule has 2 unspecified atom stereocenters. The smallest absolute Gasteiger partial charge is 0.209 e. The fourth-order valence-electron chi connectivity index (χ4n) is 4.53. The topological polar surface area (TPSA) is 126 Å². The minimum absolute atomic E-state index is 0.0958. The van der Waals surface area contributed by atoms with E-state index in [1.807, 2.05) is 5.38 Å². The summed E-state index contributed by atoms with van der Waals surface area (Å²) in [7, 11) is 1.73. The molecule has 2 fully saturated rings. The molecule has 0 aromatic carbocycles. The highest BCUT2D eigenvalue weighted by molar-refractivity contribution is 7.10. The number of hydrogen-bond acceptors (Lipinski definition) is 9. The number of imidazole rings is 1. The van der Waals surface area contributed by atoms with Gasteiger partial charge >= 0.3 is 0 Å². The van der Waals surface area contributed by atoms with Gasteiger partial charge in [-0.05, 0) is 31.1 Å². The van der Waals surface area contributed by atoms with E-state index in [1.54, 1.807) is 24.1 Å². The molecule has 3 aromatic heterocycles. The van der Waals surface area contributed by atoms with E-state index in [0.29, 0.717) is 34.2 Å². The van der Waals surface area contributed by atoms with E-state index in [2.05, 4.69) is 37.1 Å². The SMILES string of the molecule is CNc1nc(C#Cc2nccs2)nc2c1ncn2[C@@H]1C2C[C@]2(C(C)=O)C(O)[C@H]1O. The molecule has 2 saturated carbocycles. The zero-order valence-corrected chi connectivity index (χ0v) is 16.5. The van der Waals surface area contributed by atoms with Gasteiger partial charge in [0.05, 0.1) is 23.9 Å². The first-order valence-electron chi connectivity index (χ1n) is 9.18. The number of ketones is 1. The Bertz CT molecular complexity index is 1180. The van der Waals surface area contributed by atoms with Crippen molar-refractivity contribution in [1.29, 1.82) is 0 Å². The Kier molecular flexibility index (Phi) is 3.96. The molecule has 5 atom stereocenters. The summed E-state index contributed by atoms with van der Waals surface area (Å²) in [6.07, 6.45) is 1.63. The number of rotatable bonds is 3. The van der Waals surface area contributed by atoms with E-state index in [0.717, 1.165) is 0 Å². The predicted octanol–water partition coefficient (Wildman–Crippen LogP) is 0.596. The number of anilines is 1. The fraction of sp³-hybridized carbons (Fsp3) is 0.421. The second kappa shape index (κ2) is 6.32. The molecule has 0 radical (unpaired) electrons. The summed E-state index contributed by atoms with van der Waals surface area (Å²) in [5, 5.41) is 26.7. The summed E-state index contributed by atoms with van der Waals surface area (Å²) >= 11 is 1.42. The van der Waals surface area contributed by atoms with Crippen LogP contribution in [0.25, 0.3) is 11.2 Å². The van der Waals surface area contributed by atoms with Gasteiger partial charge < -0.3 is 20.1 Å². The van der Waals surface area contributed by atoms with Crippen molar-refractivity contribution in [3.8, 4) is 11.8 Å². The largest absolute Gasteiger partial charge is 0.389 e. The van der Waals surface area contributed by atoms with Gasteiger partial charge in [0.15, 0.2) is 22.0 Å². The van der Waals surface area contributed by atoms with Crippen LogP contribution in [0.4, 0.5) is 5.82 Å². The van der Waals surface area contributed by atoms with Gasteiger partial charge in [0, 0.05) is 18.6 Å². The molecule has 0 aliphatic heterocycles. The second-order valence-corrected chi connectivity index (χ2v) is 8.28. The first-order valence-corrected chi connectivity index (χ1v) is 10.1. The Labute approximate surface area is 169 Å². The minimum atomic E-state index is -1.10. The molecule has 148 valence electrons. The summed E-state index contributed by atoms with van der Waals surface area (Å²) < 4.78 is 1.74. The van der Waals surface area contributed by atoms with Crippen LogP contribution in [0, 0.1) is 23.2 Å². The zero-order chi connectivity index (χ0) is 20.3. The maximum absolute atomic E-state index is 12.1. The number of fused-ring (bicyclic) bond motifs is 2. The number of hydrogen-bond donors (Lipinski definition) is 3. The number of carbonyl (C=O) groups is 1. The van der Waals surface area contributed by atoms with Crippen LogP contribution in [0.5, 0.6) is 0 Å². The van der Waals surface area contributed by atoms with Crippen molar-refractivity contribution in [2.75, 3.05) is 12.4 Å². The number of thiazole rings is 1. The van der Waals surface area contributed by atoms with Gasteiger partial charge in [-0.15, -0.1) is 11.3 Å². The van der Waals surface area contributed by atoms with Crippen LogP contribution in [0.1, 0.15) is 30.2 Å². The van der Waals surface area contributed by atoms with Crippen LogP contribution in [0.3, 0.4) is 0 Å². The first kappa shape index (κ1) is 18.2. The van der Waals surface area contributed by atoms with Crippen molar-refractivity contribution in [3.63, 3.8) is 0 Å². The van der Waals surface area contributed by atoms with Gasteiger partial charge in [0.2, 0.25) is 5.82 Å². The molecule has 10 heteroatoms. The lowest BCUT2D eigenvalue weighted by molar-refractivity contribution is -0.128. The Morgan fingerprint density at radius 1 is 1.34 bits per heavy atom. The molecule has 0 amide bonds. The first-order chi connectivity index (χ1) is 14.0. The third-order valence-electron chi connectivity index (χ3n) is 6.02. The number of Topliss-reactive ketones (excluding diaryl/α,β-unsaturated/α-hetero) is 1. The molecule has 0 spiro atoms. The predicted molar refractivity (Wildman–Crippen MR) is 105 cm³/mol. The Morgan fingerprint density at radius 3 is 2.83 bits per heavy atom. The van der Waals surface area contributed by atoms with Crippen molar-refractivity contribution in [2.24, 2.45) is 11.3 Å². The second-order valence-electron chi connectivity index (χ2n) is 7.39.